The second kappa shape index (κ2) is 8.45. The molecular formula is C21H18ClN9O2. The molecule has 5 rings (SSSR count). The van der Waals surface area contributed by atoms with Crippen LogP contribution in [0.15, 0.2) is 55.1 Å². The Balaban J connectivity index is 1.45. The van der Waals surface area contributed by atoms with Crippen LogP contribution >= 0.6 is 11.6 Å². The van der Waals surface area contributed by atoms with Crippen LogP contribution in [0, 0.1) is 0 Å². The average Bonchev–Trinajstić information content (AvgIpc) is 3.54. The van der Waals surface area contributed by atoms with Gasteiger partial charge in [-0.3, -0.25) is 9.48 Å². The summed E-state index contributed by atoms with van der Waals surface area (Å²) in [5.41, 5.74) is 3.85. The number of hydrogen-bond acceptors (Lipinski definition) is 7. The summed E-state index contributed by atoms with van der Waals surface area (Å²) in [6.07, 6.45) is 6.83. The lowest BCUT2D eigenvalue weighted by atomic mass is 10.1. The highest BCUT2D eigenvalue weighted by molar-refractivity contribution is 6.34. The fourth-order valence-corrected chi connectivity index (χ4v) is 3.59. The minimum atomic E-state index is -0.357. The minimum Gasteiger partial charge on any atom is -0.394 e. The molecule has 0 aliphatic rings. The Kier molecular flexibility index (Phi) is 5.32. The van der Waals surface area contributed by atoms with E-state index in [1.807, 2.05) is 18.3 Å². The summed E-state index contributed by atoms with van der Waals surface area (Å²) >= 11 is 6.32. The van der Waals surface area contributed by atoms with Crippen molar-refractivity contribution >= 4 is 28.7 Å². The first-order valence-electron chi connectivity index (χ1n) is 9.98. The lowest BCUT2D eigenvalue weighted by Gasteiger charge is -2.08. The number of aryl methyl sites for hydroxylation is 1. The number of halogens is 1. The molecule has 4 heterocycles. The first-order chi connectivity index (χ1) is 16.0. The lowest BCUT2D eigenvalue weighted by molar-refractivity contribution is 0.102. The summed E-state index contributed by atoms with van der Waals surface area (Å²) in [6.45, 7) is 0.413. The number of fused-ring (bicyclic) bond motifs is 1. The molecule has 0 saturated carbocycles. The van der Waals surface area contributed by atoms with Gasteiger partial charge in [0, 0.05) is 23.5 Å². The molecule has 4 aromatic heterocycles. The first-order valence-corrected chi connectivity index (χ1v) is 10.4. The van der Waals surface area contributed by atoms with Gasteiger partial charge in [-0.2, -0.15) is 15.0 Å². The molecule has 0 radical (unpaired) electrons. The van der Waals surface area contributed by atoms with Crippen LogP contribution in [-0.4, -0.2) is 57.2 Å². The fraction of sp³-hybridized carbons (Fsp3) is 0.143. The molecule has 2 N–H and O–H groups in total. The van der Waals surface area contributed by atoms with Crippen LogP contribution in [0.3, 0.4) is 0 Å². The number of nitrogens with one attached hydrogen (secondary N) is 1. The third-order valence-electron chi connectivity index (χ3n) is 5.04. The first kappa shape index (κ1) is 20.8. The van der Waals surface area contributed by atoms with E-state index in [2.05, 4.69) is 30.9 Å². The standard InChI is InChI=1S/C21H18ClN9O2/c1-29-27-20(26-28-29)14-2-3-17(22)18(8-14)25-21(33)16-11-24-31-5-4-13(9-19(16)31)15-10-23-30(12-15)6-7-32/h2-5,8-12,32H,6-7H2,1H3,(H,25,33). The highest BCUT2D eigenvalue weighted by atomic mass is 35.5. The molecule has 0 spiro atoms. The number of hydrogen-bond donors (Lipinski definition) is 2. The normalized spacial score (nSPS) is 11.2. The summed E-state index contributed by atoms with van der Waals surface area (Å²) in [6, 6.07) is 8.87. The summed E-state index contributed by atoms with van der Waals surface area (Å²) in [7, 11) is 1.67. The topological polar surface area (TPSA) is 128 Å². The monoisotopic (exact) mass is 463 g/mol. The number of carbonyl (C=O) groups is 1. The number of benzene rings is 1. The Bertz CT molecular complexity index is 1470. The molecule has 12 heteroatoms. The van der Waals surface area contributed by atoms with Crippen LogP contribution in [0.2, 0.25) is 5.02 Å². The van der Waals surface area contributed by atoms with Crippen molar-refractivity contribution in [2.45, 2.75) is 6.54 Å². The van der Waals surface area contributed by atoms with Gasteiger partial charge in [-0.15, -0.1) is 10.2 Å². The molecule has 0 bridgehead atoms. The van der Waals surface area contributed by atoms with Crippen LogP contribution in [-0.2, 0) is 13.6 Å². The van der Waals surface area contributed by atoms with Crippen LogP contribution < -0.4 is 5.32 Å². The number of anilines is 1. The van der Waals surface area contributed by atoms with E-state index >= 15 is 0 Å². The Labute approximate surface area is 192 Å². The van der Waals surface area contributed by atoms with Crippen LogP contribution in [0.1, 0.15) is 10.4 Å². The quantitative estimate of drug-likeness (QED) is 0.395. The van der Waals surface area contributed by atoms with Crippen molar-refractivity contribution in [3.8, 4) is 22.5 Å². The van der Waals surface area contributed by atoms with E-state index < -0.39 is 0 Å². The average molecular weight is 464 g/mol. The van der Waals surface area contributed by atoms with Crippen LogP contribution in [0.5, 0.6) is 0 Å². The van der Waals surface area contributed by atoms with E-state index in [9.17, 15) is 4.79 Å². The predicted molar refractivity (Wildman–Crippen MR) is 121 cm³/mol. The number of aromatic nitrogens is 8. The van der Waals surface area contributed by atoms with Gasteiger partial charge < -0.3 is 10.4 Å². The van der Waals surface area contributed by atoms with Crippen molar-refractivity contribution in [3.63, 3.8) is 0 Å². The molecule has 33 heavy (non-hydrogen) atoms. The van der Waals surface area contributed by atoms with Gasteiger partial charge in [0.1, 0.15) is 0 Å². The molecule has 0 unspecified atom stereocenters. The van der Waals surface area contributed by atoms with Crippen LogP contribution in [0.4, 0.5) is 5.69 Å². The van der Waals surface area contributed by atoms with E-state index in [4.69, 9.17) is 16.7 Å². The van der Waals surface area contributed by atoms with Gasteiger partial charge in [-0.1, -0.05) is 11.6 Å². The number of pyridine rings is 1. The Morgan fingerprint density at radius 2 is 2.00 bits per heavy atom. The summed E-state index contributed by atoms with van der Waals surface area (Å²) in [5.74, 6) is 0.0660. The molecule has 1 amide bonds. The van der Waals surface area contributed by atoms with Gasteiger partial charge in [0.2, 0.25) is 5.82 Å². The number of aliphatic hydroxyl groups is 1. The Morgan fingerprint density at radius 1 is 1.12 bits per heavy atom. The van der Waals surface area contributed by atoms with Gasteiger partial charge in [-0.25, -0.2) is 4.52 Å². The van der Waals surface area contributed by atoms with E-state index in [-0.39, 0.29) is 12.5 Å². The largest absolute Gasteiger partial charge is 0.394 e. The highest BCUT2D eigenvalue weighted by Crippen LogP contribution is 2.28. The van der Waals surface area contributed by atoms with Crippen molar-refractivity contribution in [2.24, 2.45) is 7.05 Å². The smallest absolute Gasteiger partial charge is 0.259 e. The second-order valence-electron chi connectivity index (χ2n) is 7.27. The SMILES string of the molecule is Cn1nnc(-c2ccc(Cl)c(NC(=O)c3cnn4ccc(-c5cnn(CCO)c5)cc34)c2)n1. The Hall–Kier alpha value is -4.09. The van der Waals surface area contributed by atoms with Crippen molar-refractivity contribution < 1.29 is 9.90 Å². The van der Waals surface area contributed by atoms with Crippen molar-refractivity contribution in [1.29, 1.82) is 0 Å². The zero-order valence-corrected chi connectivity index (χ0v) is 18.2. The zero-order chi connectivity index (χ0) is 22.9. The van der Waals surface area contributed by atoms with Crippen LogP contribution in [0.25, 0.3) is 28.0 Å². The van der Waals surface area contributed by atoms with E-state index in [1.54, 1.807) is 46.8 Å². The van der Waals surface area contributed by atoms with Crippen molar-refractivity contribution in [3.05, 3.63) is 65.7 Å². The van der Waals surface area contributed by atoms with Gasteiger partial charge >= 0.3 is 0 Å². The number of carbonyl (C=O) groups excluding carboxylic acids is 1. The maximum Gasteiger partial charge on any atom is 0.259 e. The van der Waals surface area contributed by atoms with E-state index in [0.717, 1.165) is 11.1 Å². The van der Waals surface area contributed by atoms with E-state index in [0.29, 0.717) is 39.7 Å². The number of nitrogens with zero attached hydrogens (tertiary/aromatic N) is 8. The van der Waals surface area contributed by atoms with Crippen molar-refractivity contribution in [1.82, 2.24) is 39.6 Å². The highest BCUT2D eigenvalue weighted by Gasteiger charge is 2.17. The molecular weight excluding hydrogens is 446 g/mol. The molecule has 11 nitrogen and oxygen atoms in total. The Morgan fingerprint density at radius 3 is 2.79 bits per heavy atom. The predicted octanol–water partition coefficient (Wildman–Crippen LogP) is 2.29. The number of aliphatic hydroxyl groups excluding tert-OH is 1. The summed E-state index contributed by atoms with van der Waals surface area (Å²) in [5, 5.41) is 32.8. The van der Waals surface area contributed by atoms with Crippen molar-refractivity contribution in [2.75, 3.05) is 11.9 Å². The maximum atomic E-state index is 13.1. The lowest BCUT2D eigenvalue weighted by Crippen LogP contribution is -2.12. The molecule has 0 saturated heterocycles. The second-order valence-corrected chi connectivity index (χ2v) is 7.68. The minimum absolute atomic E-state index is 0.00374. The van der Waals surface area contributed by atoms with E-state index in [1.165, 1.54) is 11.0 Å². The molecule has 0 aliphatic heterocycles. The fourth-order valence-electron chi connectivity index (χ4n) is 3.42. The molecule has 5 aromatic rings. The zero-order valence-electron chi connectivity index (χ0n) is 17.4. The molecule has 0 aliphatic carbocycles. The van der Waals surface area contributed by atoms with Gasteiger partial charge in [0.25, 0.3) is 5.91 Å². The summed E-state index contributed by atoms with van der Waals surface area (Å²) in [4.78, 5) is 14.5. The van der Waals surface area contributed by atoms with Gasteiger partial charge in [0.15, 0.2) is 0 Å². The third-order valence-corrected chi connectivity index (χ3v) is 5.37. The number of tetrazole rings is 1. The number of amides is 1. The maximum absolute atomic E-state index is 13.1. The molecule has 1 aromatic carbocycles. The van der Waals surface area contributed by atoms with Gasteiger partial charge in [0.05, 0.1) is 54.4 Å². The summed E-state index contributed by atoms with van der Waals surface area (Å²) < 4.78 is 3.28. The van der Waals surface area contributed by atoms with Gasteiger partial charge in [-0.05, 0) is 41.1 Å². The molecule has 0 fully saturated rings. The molecule has 0 atom stereocenters. The third kappa shape index (κ3) is 4.06. The number of rotatable bonds is 6. The molecule has 166 valence electrons.